The fourth-order valence-electron chi connectivity index (χ4n) is 4.33. The van der Waals surface area contributed by atoms with Crippen LogP contribution in [0.5, 0.6) is 0 Å². The van der Waals surface area contributed by atoms with E-state index in [2.05, 4.69) is 25.1 Å². The van der Waals surface area contributed by atoms with Gasteiger partial charge in [0.15, 0.2) is 0 Å². The SMILES string of the molecule is CCCc1ccc(C2CCc3cc(-c4ccc(C#N)c(F)c4)ccc3C2)c(F)c1. The van der Waals surface area contributed by atoms with E-state index in [-0.39, 0.29) is 17.3 Å². The molecule has 29 heavy (non-hydrogen) atoms. The summed E-state index contributed by atoms with van der Waals surface area (Å²) in [6.07, 6.45) is 4.52. The van der Waals surface area contributed by atoms with Gasteiger partial charge in [-0.2, -0.15) is 5.26 Å². The van der Waals surface area contributed by atoms with E-state index in [1.807, 2.05) is 18.2 Å². The van der Waals surface area contributed by atoms with Crippen LogP contribution in [0, 0.1) is 23.0 Å². The quantitative estimate of drug-likeness (QED) is 0.487. The van der Waals surface area contributed by atoms with Crippen LogP contribution < -0.4 is 0 Å². The molecule has 0 bridgehead atoms. The molecule has 146 valence electrons. The van der Waals surface area contributed by atoms with Gasteiger partial charge in [-0.15, -0.1) is 0 Å². The van der Waals surface area contributed by atoms with Crippen LogP contribution in [0.25, 0.3) is 11.1 Å². The number of nitrogens with zero attached hydrogens (tertiary/aromatic N) is 1. The summed E-state index contributed by atoms with van der Waals surface area (Å²) in [5.74, 6) is -0.393. The average Bonchev–Trinajstić information content (AvgIpc) is 2.73. The Morgan fingerprint density at radius 1 is 0.931 bits per heavy atom. The number of fused-ring (bicyclic) bond motifs is 1. The molecule has 1 unspecified atom stereocenters. The van der Waals surface area contributed by atoms with E-state index in [1.165, 1.54) is 23.3 Å². The first-order chi connectivity index (χ1) is 14.1. The maximum absolute atomic E-state index is 14.7. The third-order valence-corrected chi connectivity index (χ3v) is 5.90. The summed E-state index contributed by atoms with van der Waals surface area (Å²) < 4.78 is 28.6. The fourth-order valence-corrected chi connectivity index (χ4v) is 4.33. The lowest BCUT2D eigenvalue weighted by atomic mass is 9.79. The highest BCUT2D eigenvalue weighted by Gasteiger charge is 2.23. The minimum atomic E-state index is -0.496. The van der Waals surface area contributed by atoms with Crippen molar-refractivity contribution in [2.24, 2.45) is 0 Å². The van der Waals surface area contributed by atoms with Crippen LogP contribution in [-0.4, -0.2) is 0 Å². The van der Waals surface area contributed by atoms with Crippen molar-refractivity contribution >= 4 is 0 Å². The van der Waals surface area contributed by atoms with Gasteiger partial charge in [-0.25, -0.2) is 8.78 Å². The van der Waals surface area contributed by atoms with Crippen molar-refractivity contribution in [3.63, 3.8) is 0 Å². The van der Waals surface area contributed by atoms with Crippen LogP contribution in [0.2, 0.25) is 0 Å². The van der Waals surface area contributed by atoms with Crippen molar-refractivity contribution in [1.29, 1.82) is 5.26 Å². The molecule has 0 saturated heterocycles. The highest BCUT2D eigenvalue weighted by atomic mass is 19.1. The Morgan fingerprint density at radius 2 is 1.72 bits per heavy atom. The van der Waals surface area contributed by atoms with Crippen molar-refractivity contribution in [1.82, 2.24) is 0 Å². The Hall–Kier alpha value is -2.99. The summed E-state index contributed by atoms with van der Waals surface area (Å²) in [5.41, 5.74) is 6.12. The Morgan fingerprint density at radius 3 is 2.45 bits per heavy atom. The van der Waals surface area contributed by atoms with E-state index in [1.54, 1.807) is 12.1 Å². The van der Waals surface area contributed by atoms with Crippen LogP contribution in [0.4, 0.5) is 8.78 Å². The van der Waals surface area contributed by atoms with Gasteiger partial charge < -0.3 is 0 Å². The summed E-state index contributed by atoms with van der Waals surface area (Å²) in [6.45, 7) is 2.10. The second-order valence-corrected chi connectivity index (χ2v) is 7.84. The fraction of sp³-hybridized carbons (Fsp3) is 0.269. The molecule has 3 heteroatoms. The first-order valence-electron chi connectivity index (χ1n) is 10.2. The Kier molecular flexibility index (Phi) is 5.45. The molecular formula is C26H23F2N. The van der Waals surface area contributed by atoms with Gasteiger partial charge in [0, 0.05) is 0 Å². The number of halogens is 2. The molecule has 1 atom stereocenters. The summed E-state index contributed by atoms with van der Waals surface area (Å²) in [7, 11) is 0. The largest absolute Gasteiger partial charge is 0.207 e. The van der Waals surface area contributed by atoms with Gasteiger partial charge in [-0.1, -0.05) is 49.7 Å². The molecule has 0 N–H and O–H groups in total. The Balaban J connectivity index is 1.57. The summed E-state index contributed by atoms with van der Waals surface area (Å²) in [5, 5.41) is 8.90. The van der Waals surface area contributed by atoms with E-state index < -0.39 is 5.82 Å². The molecule has 3 aromatic rings. The lowest BCUT2D eigenvalue weighted by Gasteiger charge is -2.26. The summed E-state index contributed by atoms with van der Waals surface area (Å²) in [6, 6.07) is 18.5. The molecule has 0 amide bonds. The normalized spacial score (nSPS) is 15.6. The molecular weight excluding hydrogens is 364 g/mol. The van der Waals surface area contributed by atoms with Gasteiger partial charge in [0.05, 0.1) is 5.56 Å². The van der Waals surface area contributed by atoms with Crippen LogP contribution in [0.1, 0.15) is 53.5 Å². The highest BCUT2D eigenvalue weighted by molar-refractivity contribution is 5.66. The third-order valence-electron chi connectivity index (χ3n) is 5.90. The number of nitriles is 1. The van der Waals surface area contributed by atoms with Crippen LogP contribution in [0.15, 0.2) is 54.6 Å². The molecule has 3 aromatic carbocycles. The predicted octanol–water partition coefficient (Wildman–Crippen LogP) is 6.73. The molecule has 0 fully saturated rings. The third kappa shape index (κ3) is 3.93. The minimum Gasteiger partial charge on any atom is -0.207 e. The molecule has 4 rings (SSSR count). The monoisotopic (exact) mass is 387 g/mol. The van der Waals surface area contributed by atoms with E-state index in [0.29, 0.717) is 0 Å². The highest BCUT2D eigenvalue weighted by Crippen LogP contribution is 2.36. The topological polar surface area (TPSA) is 23.8 Å². The number of benzene rings is 3. The predicted molar refractivity (Wildman–Crippen MR) is 112 cm³/mol. The molecule has 0 aliphatic heterocycles. The molecule has 1 aliphatic carbocycles. The molecule has 0 radical (unpaired) electrons. The van der Waals surface area contributed by atoms with Crippen LogP contribution in [-0.2, 0) is 19.3 Å². The van der Waals surface area contributed by atoms with Crippen molar-refractivity contribution in [2.45, 2.75) is 44.9 Å². The number of rotatable bonds is 4. The van der Waals surface area contributed by atoms with E-state index in [0.717, 1.165) is 54.4 Å². The number of aryl methyl sites for hydroxylation is 2. The van der Waals surface area contributed by atoms with Crippen molar-refractivity contribution in [3.05, 3.63) is 94.0 Å². The molecule has 0 saturated carbocycles. The molecule has 0 heterocycles. The number of hydrogen-bond donors (Lipinski definition) is 0. The van der Waals surface area contributed by atoms with E-state index in [9.17, 15) is 8.78 Å². The standard InChI is InChI=1S/C26H23F2N/c1-2-3-17-4-11-24(26(28)12-17)22-9-7-18-13-19(5-6-20(18)14-22)21-8-10-23(16-29)25(27)15-21/h4-6,8,10-13,15,22H,2-3,7,9,14H2,1H3. The van der Waals surface area contributed by atoms with Gasteiger partial charge in [0.2, 0.25) is 0 Å². The minimum absolute atomic E-state index is 0.0570. The molecule has 0 spiro atoms. The van der Waals surface area contributed by atoms with Gasteiger partial charge in [-0.05, 0) is 83.2 Å². The van der Waals surface area contributed by atoms with Crippen LogP contribution >= 0.6 is 0 Å². The smallest absolute Gasteiger partial charge is 0.141 e. The zero-order valence-corrected chi connectivity index (χ0v) is 16.5. The zero-order chi connectivity index (χ0) is 20.4. The number of hydrogen-bond acceptors (Lipinski definition) is 1. The van der Waals surface area contributed by atoms with Gasteiger partial charge >= 0.3 is 0 Å². The zero-order valence-electron chi connectivity index (χ0n) is 16.5. The van der Waals surface area contributed by atoms with E-state index in [4.69, 9.17) is 5.26 Å². The first-order valence-corrected chi connectivity index (χ1v) is 10.2. The molecule has 1 nitrogen and oxygen atoms in total. The Labute approximate surface area is 170 Å². The molecule has 0 aromatic heterocycles. The van der Waals surface area contributed by atoms with Crippen LogP contribution in [0.3, 0.4) is 0 Å². The lowest BCUT2D eigenvalue weighted by Crippen LogP contribution is -2.14. The maximum Gasteiger partial charge on any atom is 0.141 e. The van der Waals surface area contributed by atoms with Crippen molar-refractivity contribution in [3.8, 4) is 17.2 Å². The van der Waals surface area contributed by atoms with Gasteiger partial charge in [0.25, 0.3) is 0 Å². The van der Waals surface area contributed by atoms with Crippen molar-refractivity contribution < 1.29 is 8.78 Å². The summed E-state index contributed by atoms with van der Waals surface area (Å²) in [4.78, 5) is 0. The maximum atomic E-state index is 14.7. The van der Waals surface area contributed by atoms with Gasteiger partial charge in [-0.3, -0.25) is 0 Å². The second-order valence-electron chi connectivity index (χ2n) is 7.84. The Bertz CT molecular complexity index is 1090. The lowest BCUT2D eigenvalue weighted by molar-refractivity contribution is 0.533. The second kappa shape index (κ2) is 8.17. The molecule has 1 aliphatic rings. The average molecular weight is 387 g/mol. The summed E-state index contributed by atoms with van der Waals surface area (Å²) >= 11 is 0. The first kappa shape index (κ1) is 19.3. The van der Waals surface area contributed by atoms with E-state index >= 15 is 0 Å². The van der Waals surface area contributed by atoms with Gasteiger partial charge in [0.1, 0.15) is 17.7 Å². The van der Waals surface area contributed by atoms with Crippen molar-refractivity contribution in [2.75, 3.05) is 0 Å².